The maximum absolute atomic E-state index is 12.7. The Bertz CT molecular complexity index is 428. The Morgan fingerprint density at radius 1 is 1.05 bits per heavy atom. The fourth-order valence-electron chi connectivity index (χ4n) is 1.48. The highest BCUT2D eigenvalue weighted by molar-refractivity contribution is 5.72. The van der Waals surface area contributed by atoms with Crippen molar-refractivity contribution in [1.82, 2.24) is 0 Å². The zero-order chi connectivity index (χ0) is 14.8. The van der Waals surface area contributed by atoms with Gasteiger partial charge in [0.2, 0.25) is 0 Å². The summed E-state index contributed by atoms with van der Waals surface area (Å²) < 4.78 is 22.6. The summed E-state index contributed by atoms with van der Waals surface area (Å²) in [5, 5.41) is 0. The summed E-state index contributed by atoms with van der Waals surface area (Å²) in [6.07, 6.45) is 1.57. The van der Waals surface area contributed by atoms with Crippen LogP contribution >= 0.6 is 0 Å². The number of rotatable bonds is 8. The van der Waals surface area contributed by atoms with Crippen LogP contribution < -0.4 is 0 Å². The molecule has 1 aromatic carbocycles. The van der Waals surface area contributed by atoms with Gasteiger partial charge in [-0.2, -0.15) is 0 Å². The number of benzene rings is 1. The molecule has 0 aliphatic rings. The van der Waals surface area contributed by atoms with Gasteiger partial charge in [0.25, 0.3) is 0 Å². The number of carbonyl (C=O) groups is 2. The molecule has 0 unspecified atom stereocenters. The van der Waals surface area contributed by atoms with Crippen LogP contribution in [0.15, 0.2) is 24.3 Å². The van der Waals surface area contributed by atoms with Crippen LogP contribution in [0.3, 0.4) is 0 Å². The number of hydrogen-bond donors (Lipinski definition) is 0. The molecule has 0 saturated carbocycles. The van der Waals surface area contributed by atoms with Gasteiger partial charge in [-0.15, -0.1) is 0 Å². The number of halogens is 1. The predicted molar refractivity (Wildman–Crippen MR) is 71.3 cm³/mol. The lowest BCUT2D eigenvalue weighted by Crippen LogP contribution is -2.08. The molecule has 4 nitrogen and oxygen atoms in total. The molecule has 0 amide bonds. The molecule has 0 aromatic heterocycles. The van der Waals surface area contributed by atoms with Crippen molar-refractivity contribution >= 4 is 11.9 Å². The molecule has 0 N–H and O–H groups in total. The highest BCUT2D eigenvalue weighted by Gasteiger charge is 2.07. The van der Waals surface area contributed by atoms with E-state index in [1.807, 2.05) is 6.92 Å². The number of carbonyl (C=O) groups excluding carboxylic acids is 2. The summed E-state index contributed by atoms with van der Waals surface area (Å²) in [6.45, 7) is 2.44. The molecule has 0 radical (unpaired) electrons. The lowest BCUT2D eigenvalue weighted by atomic mass is 10.2. The minimum absolute atomic E-state index is 0.111. The third-order valence-electron chi connectivity index (χ3n) is 2.54. The summed E-state index contributed by atoms with van der Waals surface area (Å²) in [6, 6.07) is 5.75. The van der Waals surface area contributed by atoms with Crippen molar-refractivity contribution < 1.29 is 23.5 Å². The van der Waals surface area contributed by atoms with Crippen LogP contribution in [0, 0.1) is 5.82 Å². The molecule has 110 valence electrons. The first-order chi connectivity index (χ1) is 9.61. The quantitative estimate of drug-likeness (QED) is 0.688. The Balaban J connectivity index is 2.14. The SMILES string of the molecule is CCCOC(=O)CCCC(=O)OCc1ccc(F)cc1. The molecule has 0 saturated heterocycles. The first-order valence-electron chi connectivity index (χ1n) is 6.67. The normalized spacial score (nSPS) is 10.1. The second-order valence-electron chi connectivity index (χ2n) is 4.36. The Morgan fingerprint density at radius 3 is 2.25 bits per heavy atom. The fraction of sp³-hybridized carbons (Fsp3) is 0.467. The molecular formula is C15H19FO4. The van der Waals surface area contributed by atoms with Crippen molar-refractivity contribution in [3.63, 3.8) is 0 Å². The van der Waals surface area contributed by atoms with E-state index in [0.717, 1.165) is 12.0 Å². The Kier molecular flexibility index (Phi) is 7.32. The third-order valence-corrected chi connectivity index (χ3v) is 2.54. The van der Waals surface area contributed by atoms with Gasteiger partial charge in [-0.1, -0.05) is 19.1 Å². The number of hydrogen-bond acceptors (Lipinski definition) is 4. The maximum Gasteiger partial charge on any atom is 0.306 e. The second kappa shape index (κ2) is 9.07. The molecular weight excluding hydrogens is 263 g/mol. The monoisotopic (exact) mass is 282 g/mol. The second-order valence-corrected chi connectivity index (χ2v) is 4.36. The highest BCUT2D eigenvalue weighted by Crippen LogP contribution is 2.06. The largest absolute Gasteiger partial charge is 0.466 e. The van der Waals surface area contributed by atoms with Gasteiger partial charge in [0.1, 0.15) is 12.4 Å². The smallest absolute Gasteiger partial charge is 0.306 e. The molecule has 0 aliphatic heterocycles. The zero-order valence-electron chi connectivity index (χ0n) is 11.6. The summed E-state index contributed by atoms with van der Waals surface area (Å²) in [4.78, 5) is 22.6. The highest BCUT2D eigenvalue weighted by atomic mass is 19.1. The molecule has 20 heavy (non-hydrogen) atoms. The van der Waals surface area contributed by atoms with E-state index in [0.29, 0.717) is 13.0 Å². The molecule has 5 heteroatoms. The molecule has 0 heterocycles. The van der Waals surface area contributed by atoms with Gasteiger partial charge in [0.15, 0.2) is 0 Å². The lowest BCUT2D eigenvalue weighted by molar-refractivity contribution is -0.146. The lowest BCUT2D eigenvalue weighted by Gasteiger charge is -2.05. The van der Waals surface area contributed by atoms with Gasteiger partial charge in [0, 0.05) is 12.8 Å². The van der Waals surface area contributed by atoms with Crippen molar-refractivity contribution in [1.29, 1.82) is 0 Å². The minimum Gasteiger partial charge on any atom is -0.466 e. The van der Waals surface area contributed by atoms with Crippen LogP contribution in [0.1, 0.15) is 38.2 Å². The van der Waals surface area contributed by atoms with E-state index in [1.54, 1.807) is 12.1 Å². The van der Waals surface area contributed by atoms with Crippen LogP contribution in [0.4, 0.5) is 4.39 Å². The summed E-state index contributed by atoms with van der Waals surface area (Å²) in [5.41, 5.74) is 0.724. The van der Waals surface area contributed by atoms with E-state index in [9.17, 15) is 14.0 Å². The Labute approximate surface area is 117 Å². The zero-order valence-corrected chi connectivity index (χ0v) is 11.6. The maximum atomic E-state index is 12.7. The van der Waals surface area contributed by atoms with Crippen LogP contribution in [-0.2, 0) is 25.7 Å². The van der Waals surface area contributed by atoms with E-state index < -0.39 is 0 Å². The predicted octanol–water partition coefficient (Wildman–Crippen LogP) is 2.99. The standard InChI is InChI=1S/C15H19FO4/c1-2-10-19-14(17)4-3-5-15(18)20-11-12-6-8-13(16)9-7-12/h6-9H,2-5,10-11H2,1H3. The number of esters is 2. The summed E-state index contributed by atoms with van der Waals surface area (Å²) >= 11 is 0. The molecule has 0 atom stereocenters. The first kappa shape index (κ1) is 16.1. The minimum atomic E-state index is -0.377. The van der Waals surface area contributed by atoms with Crippen LogP contribution in [0.2, 0.25) is 0 Å². The number of ether oxygens (including phenoxy) is 2. The molecule has 0 aliphatic carbocycles. The molecule has 1 aromatic rings. The van der Waals surface area contributed by atoms with Crippen molar-refractivity contribution in [3.8, 4) is 0 Å². The van der Waals surface area contributed by atoms with Crippen LogP contribution in [0.25, 0.3) is 0 Å². The average molecular weight is 282 g/mol. The van der Waals surface area contributed by atoms with Gasteiger partial charge in [0.05, 0.1) is 6.61 Å². The van der Waals surface area contributed by atoms with Crippen molar-refractivity contribution in [2.24, 2.45) is 0 Å². The van der Waals surface area contributed by atoms with E-state index in [-0.39, 0.29) is 37.2 Å². The molecule has 1 rings (SSSR count). The van der Waals surface area contributed by atoms with Gasteiger partial charge in [-0.25, -0.2) is 4.39 Å². The third kappa shape index (κ3) is 6.87. The van der Waals surface area contributed by atoms with Gasteiger partial charge in [-0.05, 0) is 30.5 Å². The topological polar surface area (TPSA) is 52.6 Å². The molecule has 0 spiro atoms. The first-order valence-corrected chi connectivity index (χ1v) is 6.67. The fourth-order valence-corrected chi connectivity index (χ4v) is 1.48. The van der Waals surface area contributed by atoms with E-state index in [1.165, 1.54) is 12.1 Å². The van der Waals surface area contributed by atoms with Crippen molar-refractivity contribution in [2.45, 2.75) is 39.2 Å². The summed E-state index contributed by atoms with van der Waals surface area (Å²) in [5.74, 6) is -0.999. The van der Waals surface area contributed by atoms with E-state index in [4.69, 9.17) is 9.47 Å². The average Bonchev–Trinajstić information content (AvgIpc) is 2.44. The van der Waals surface area contributed by atoms with E-state index >= 15 is 0 Å². The van der Waals surface area contributed by atoms with E-state index in [2.05, 4.69) is 0 Å². The van der Waals surface area contributed by atoms with Crippen LogP contribution in [0.5, 0.6) is 0 Å². The van der Waals surface area contributed by atoms with Crippen molar-refractivity contribution in [3.05, 3.63) is 35.6 Å². The van der Waals surface area contributed by atoms with Gasteiger partial charge < -0.3 is 9.47 Å². The molecule has 0 fully saturated rings. The van der Waals surface area contributed by atoms with Crippen molar-refractivity contribution in [2.75, 3.05) is 6.61 Å². The van der Waals surface area contributed by atoms with Crippen LogP contribution in [-0.4, -0.2) is 18.5 Å². The Morgan fingerprint density at radius 2 is 1.65 bits per heavy atom. The Hall–Kier alpha value is -1.91. The van der Waals surface area contributed by atoms with Gasteiger partial charge >= 0.3 is 11.9 Å². The molecule has 0 bridgehead atoms. The summed E-state index contributed by atoms with van der Waals surface area (Å²) in [7, 11) is 0. The van der Waals surface area contributed by atoms with Gasteiger partial charge in [-0.3, -0.25) is 9.59 Å².